The summed E-state index contributed by atoms with van der Waals surface area (Å²) in [7, 11) is 0. The fourth-order valence-corrected chi connectivity index (χ4v) is 1.23. The van der Waals surface area contributed by atoms with Crippen molar-refractivity contribution in [1.82, 2.24) is 0 Å². The summed E-state index contributed by atoms with van der Waals surface area (Å²) in [5, 5.41) is 9.95. The molecule has 0 atom stereocenters. The Morgan fingerprint density at radius 1 is 1.29 bits per heavy atom. The average Bonchev–Trinajstić information content (AvgIpc) is 2.18. The summed E-state index contributed by atoms with van der Waals surface area (Å²) in [5.74, 6) is 0. The molecule has 0 aliphatic heterocycles. The van der Waals surface area contributed by atoms with Gasteiger partial charge in [0.15, 0.2) is 0 Å². The van der Waals surface area contributed by atoms with Crippen LogP contribution in [0, 0.1) is 10.1 Å². The Morgan fingerprint density at radius 3 is 2.64 bits per heavy atom. The van der Waals surface area contributed by atoms with Crippen molar-refractivity contribution in [3.8, 4) is 0 Å². The van der Waals surface area contributed by atoms with E-state index in [9.17, 15) is 10.1 Å². The number of nitro groups is 1. The van der Waals surface area contributed by atoms with Crippen LogP contribution in [0.5, 0.6) is 0 Å². The van der Waals surface area contributed by atoms with Crippen LogP contribution in [0.1, 0.15) is 18.4 Å². The Hall–Kier alpha value is -1.64. The minimum Gasteiger partial charge on any atom is -0.259 e. The second-order valence-electron chi connectivity index (χ2n) is 3.05. The third-order valence-corrected chi connectivity index (χ3v) is 1.91. The van der Waals surface area contributed by atoms with E-state index in [1.165, 1.54) is 5.56 Å². The molecule has 0 N–H and O–H groups in total. The molecule has 0 aromatic heterocycles. The molecule has 14 heavy (non-hydrogen) atoms. The second-order valence-corrected chi connectivity index (χ2v) is 3.05. The Bertz CT molecular complexity index is 306. The summed E-state index contributed by atoms with van der Waals surface area (Å²) < 4.78 is 0. The third kappa shape index (κ3) is 4.40. The van der Waals surface area contributed by atoms with Crippen molar-refractivity contribution in [2.75, 3.05) is 0 Å². The molecule has 0 amide bonds. The van der Waals surface area contributed by atoms with Crippen LogP contribution in [0.3, 0.4) is 0 Å². The lowest BCUT2D eigenvalue weighted by Gasteiger charge is -1.97. The van der Waals surface area contributed by atoms with E-state index in [4.69, 9.17) is 0 Å². The maximum Gasteiger partial charge on any atom is 0.230 e. The molecule has 0 unspecified atom stereocenters. The van der Waals surface area contributed by atoms with Gasteiger partial charge in [-0.2, -0.15) is 0 Å². The van der Waals surface area contributed by atoms with Gasteiger partial charge in [0.1, 0.15) is 0 Å². The van der Waals surface area contributed by atoms with Crippen molar-refractivity contribution in [1.29, 1.82) is 0 Å². The molecule has 0 saturated heterocycles. The van der Waals surface area contributed by atoms with Crippen molar-refractivity contribution in [2.45, 2.75) is 19.3 Å². The van der Waals surface area contributed by atoms with E-state index in [1.807, 2.05) is 18.2 Å². The zero-order chi connectivity index (χ0) is 10.2. The summed E-state index contributed by atoms with van der Waals surface area (Å²) >= 11 is 0. The molecule has 0 heterocycles. The lowest BCUT2D eigenvalue weighted by atomic mass is 10.1. The monoisotopic (exact) mass is 191 g/mol. The van der Waals surface area contributed by atoms with E-state index in [2.05, 4.69) is 12.1 Å². The Kier molecular flexibility index (Phi) is 4.41. The highest BCUT2D eigenvalue weighted by atomic mass is 16.6. The number of unbranched alkanes of at least 4 members (excludes halogenated alkanes) is 1. The van der Waals surface area contributed by atoms with Crippen molar-refractivity contribution < 1.29 is 4.92 Å². The first kappa shape index (κ1) is 10.4. The van der Waals surface area contributed by atoms with Crippen LogP contribution < -0.4 is 0 Å². The zero-order valence-corrected chi connectivity index (χ0v) is 7.93. The molecule has 1 aromatic rings. The van der Waals surface area contributed by atoms with Crippen LogP contribution in [0.25, 0.3) is 0 Å². The van der Waals surface area contributed by atoms with E-state index in [0.717, 1.165) is 25.5 Å². The van der Waals surface area contributed by atoms with E-state index in [-0.39, 0.29) is 0 Å². The Balaban J connectivity index is 2.19. The predicted octanol–water partition coefficient (Wildman–Crippen LogP) is 2.80. The van der Waals surface area contributed by atoms with E-state index in [1.54, 1.807) is 6.08 Å². The third-order valence-electron chi connectivity index (χ3n) is 1.91. The van der Waals surface area contributed by atoms with Gasteiger partial charge in [-0.25, -0.2) is 0 Å². The summed E-state index contributed by atoms with van der Waals surface area (Å²) in [5.41, 5.74) is 1.28. The van der Waals surface area contributed by atoms with Crippen LogP contribution in [0.2, 0.25) is 0 Å². The molecule has 3 nitrogen and oxygen atoms in total. The molecular formula is C11H13NO2. The van der Waals surface area contributed by atoms with Crippen LogP contribution in [0.15, 0.2) is 42.6 Å². The highest BCUT2D eigenvalue weighted by molar-refractivity contribution is 5.14. The van der Waals surface area contributed by atoms with E-state index in [0.29, 0.717) is 0 Å². The highest BCUT2D eigenvalue weighted by Crippen LogP contribution is 2.04. The Morgan fingerprint density at radius 2 is 2.00 bits per heavy atom. The van der Waals surface area contributed by atoms with Crippen LogP contribution in [-0.4, -0.2) is 4.92 Å². The SMILES string of the molecule is O=[N+]([O-])/C=C/CCCc1ccccc1. The summed E-state index contributed by atoms with van der Waals surface area (Å²) in [6, 6.07) is 10.1. The lowest BCUT2D eigenvalue weighted by molar-refractivity contribution is -0.402. The van der Waals surface area contributed by atoms with Gasteiger partial charge < -0.3 is 0 Å². The molecule has 0 bridgehead atoms. The number of aryl methyl sites for hydroxylation is 1. The maximum absolute atomic E-state index is 9.95. The molecule has 1 rings (SSSR count). The summed E-state index contributed by atoms with van der Waals surface area (Å²) in [6.45, 7) is 0. The van der Waals surface area contributed by atoms with Gasteiger partial charge in [-0.15, -0.1) is 0 Å². The minimum atomic E-state index is -0.428. The molecule has 0 aliphatic rings. The summed E-state index contributed by atoms with van der Waals surface area (Å²) in [4.78, 5) is 9.52. The lowest BCUT2D eigenvalue weighted by Crippen LogP contribution is -1.85. The minimum absolute atomic E-state index is 0.428. The van der Waals surface area contributed by atoms with Crippen LogP contribution in [-0.2, 0) is 6.42 Å². The quantitative estimate of drug-likeness (QED) is 0.408. The van der Waals surface area contributed by atoms with Gasteiger partial charge in [0.2, 0.25) is 6.20 Å². The van der Waals surface area contributed by atoms with Crippen LogP contribution in [0.4, 0.5) is 0 Å². The molecule has 0 radical (unpaired) electrons. The van der Waals surface area contributed by atoms with E-state index >= 15 is 0 Å². The van der Waals surface area contributed by atoms with Crippen molar-refractivity contribution in [3.05, 3.63) is 58.3 Å². The molecule has 1 aromatic carbocycles. The molecule has 0 saturated carbocycles. The van der Waals surface area contributed by atoms with Crippen molar-refractivity contribution in [3.63, 3.8) is 0 Å². The number of nitrogens with zero attached hydrogens (tertiary/aromatic N) is 1. The predicted molar refractivity (Wildman–Crippen MR) is 55.5 cm³/mol. The fourth-order valence-electron chi connectivity index (χ4n) is 1.23. The second kappa shape index (κ2) is 5.91. The molecular weight excluding hydrogens is 178 g/mol. The highest BCUT2D eigenvalue weighted by Gasteiger charge is 1.90. The van der Waals surface area contributed by atoms with Gasteiger partial charge in [0, 0.05) is 0 Å². The average molecular weight is 191 g/mol. The van der Waals surface area contributed by atoms with Gasteiger partial charge >= 0.3 is 0 Å². The zero-order valence-electron chi connectivity index (χ0n) is 7.93. The molecule has 0 fully saturated rings. The first-order valence-electron chi connectivity index (χ1n) is 4.63. The van der Waals surface area contributed by atoms with Gasteiger partial charge in [-0.3, -0.25) is 10.1 Å². The first-order chi connectivity index (χ1) is 6.79. The number of benzene rings is 1. The van der Waals surface area contributed by atoms with Crippen molar-refractivity contribution >= 4 is 0 Å². The van der Waals surface area contributed by atoms with Crippen LogP contribution >= 0.6 is 0 Å². The number of allylic oxidation sites excluding steroid dienone is 1. The molecule has 0 aliphatic carbocycles. The topological polar surface area (TPSA) is 43.1 Å². The van der Waals surface area contributed by atoms with Gasteiger partial charge in [-0.05, 0) is 30.9 Å². The fraction of sp³-hybridized carbons (Fsp3) is 0.273. The molecule has 0 spiro atoms. The van der Waals surface area contributed by atoms with Crippen molar-refractivity contribution in [2.24, 2.45) is 0 Å². The number of rotatable bonds is 5. The largest absolute Gasteiger partial charge is 0.259 e. The smallest absolute Gasteiger partial charge is 0.230 e. The Labute approximate surface area is 83.2 Å². The normalized spacial score (nSPS) is 10.6. The van der Waals surface area contributed by atoms with E-state index < -0.39 is 4.92 Å². The van der Waals surface area contributed by atoms with Gasteiger partial charge in [0.25, 0.3) is 0 Å². The number of hydrogen-bond donors (Lipinski definition) is 0. The number of hydrogen-bond acceptors (Lipinski definition) is 2. The summed E-state index contributed by atoms with van der Waals surface area (Å²) in [6.07, 6.45) is 5.29. The standard InChI is InChI=1S/C11H13NO2/c13-12(14)10-6-2-5-9-11-7-3-1-4-8-11/h1,3-4,6-8,10H,2,5,9H2/b10-6+. The maximum atomic E-state index is 9.95. The molecule has 74 valence electrons. The molecule has 3 heteroatoms. The van der Waals surface area contributed by atoms with Gasteiger partial charge in [-0.1, -0.05) is 30.3 Å². The van der Waals surface area contributed by atoms with Gasteiger partial charge in [0.05, 0.1) is 4.92 Å². The first-order valence-corrected chi connectivity index (χ1v) is 4.63.